The molecule has 0 unspecified atom stereocenters. The Morgan fingerprint density at radius 2 is 2.31 bits per heavy atom. The molecule has 0 fully saturated rings. The Morgan fingerprint density at radius 3 is 3.00 bits per heavy atom. The summed E-state index contributed by atoms with van der Waals surface area (Å²) in [5, 5.41) is 9.98. The summed E-state index contributed by atoms with van der Waals surface area (Å²) in [5.41, 5.74) is 1.44. The lowest BCUT2D eigenvalue weighted by Crippen LogP contribution is -2.13. The van der Waals surface area contributed by atoms with Gasteiger partial charge in [0.2, 0.25) is 5.13 Å². The first-order chi connectivity index (χ1) is 7.68. The van der Waals surface area contributed by atoms with Crippen molar-refractivity contribution in [2.24, 2.45) is 0 Å². The number of benzene rings is 1. The van der Waals surface area contributed by atoms with Gasteiger partial charge in [-0.1, -0.05) is 17.4 Å². The molecule has 82 valence electrons. The molecule has 16 heavy (non-hydrogen) atoms. The second-order valence-corrected chi connectivity index (χ2v) is 4.49. The van der Waals surface area contributed by atoms with Gasteiger partial charge in [0.05, 0.1) is 10.0 Å². The summed E-state index contributed by atoms with van der Waals surface area (Å²) in [6, 6.07) is 4.51. The first-order valence-electron chi connectivity index (χ1n) is 4.20. The van der Waals surface area contributed by atoms with Crippen LogP contribution >= 0.6 is 27.3 Å². The molecule has 2 aromatic rings. The summed E-state index contributed by atoms with van der Waals surface area (Å²) in [7, 11) is 0. The number of hydrogen-bond acceptors (Lipinski definition) is 4. The molecule has 1 aromatic carbocycles. The van der Waals surface area contributed by atoms with Crippen LogP contribution in [0, 0.1) is 5.82 Å². The third-order valence-electron chi connectivity index (χ3n) is 1.78. The van der Waals surface area contributed by atoms with Crippen LogP contribution in [0.3, 0.4) is 0 Å². The summed E-state index contributed by atoms with van der Waals surface area (Å²) < 4.78 is 13.8. The molecule has 0 aliphatic heterocycles. The van der Waals surface area contributed by atoms with Gasteiger partial charge in [-0.3, -0.25) is 10.1 Å². The van der Waals surface area contributed by atoms with E-state index in [4.69, 9.17) is 0 Å². The Kier molecular flexibility index (Phi) is 3.25. The van der Waals surface area contributed by atoms with E-state index in [0.717, 1.165) is 0 Å². The molecular weight excluding hydrogens is 297 g/mol. The summed E-state index contributed by atoms with van der Waals surface area (Å²) in [5.74, 6) is -1.14. The molecule has 1 N–H and O–H groups in total. The zero-order chi connectivity index (χ0) is 11.5. The highest BCUT2D eigenvalue weighted by Gasteiger charge is 2.14. The average molecular weight is 302 g/mol. The van der Waals surface area contributed by atoms with E-state index < -0.39 is 11.7 Å². The van der Waals surface area contributed by atoms with Gasteiger partial charge in [0.25, 0.3) is 5.91 Å². The number of nitrogens with zero attached hydrogens (tertiary/aromatic N) is 2. The van der Waals surface area contributed by atoms with E-state index in [0.29, 0.717) is 5.13 Å². The number of carbonyl (C=O) groups is 1. The van der Waals surface area contributed by atoms with E-state index in [-0.39, 0.29) is 10.0 Å². The standard InChI is InChI=1S/C9H5BrFN3OS/c10-6-3-1-2-5(7(6)11)8(15)13-9-14-12-4-16-9/h1-4H,(H,13,14,15). The van der Waals surface area contributed by atoms with Crippen molar-refractivity contribution < 1.29 is 9.18 Å². The molecule has 0 radical (unpaired) electrons. The minimum absolute atomic E-state index is 0.0374. The number of rotatable bonds is 2. The lowest BCUT2D eigenvalue weighted by atomic mass is 10.2. The first-order valence-corrected chi connectivity index (χ1v) is 5.87. The van der Waals surface area contributed by atoms with Crippen LogP contribution in [0.4, 0.5) is 9.52 Å². The van der Waals surface area contributed by atoms with Crippen molar-refractivity contribution in [2.45, 2.75) is 0 Å². The van der Waals surface area contributed by atoms with Crippen LogP contribution in [-0.4, -0.2) is 16.1 Å². The van der Waals surface area contributed by atoms with Crippen LogP contribution in [0.5, 0.6) is 0 Å². The van der Waals surface area contributed by atoms with Crippen molar-refractivity contribution in [3.8, 4) is 0 Å². The lowest BCUT2D eigenvalue weighted by molar-refractivity contribution is 0.102. The van der Waals surface area contributed by atoms with Crippen LogP contribution in [0.15, 0.2) is 28.2 Å². The van der Waals surface area contributed by atoms with Gasteiger partial charge in [-0.05, 0) is 28.1 Å². The van der Waals surface area contributed by atoms with Gasteiger partial charge in [0, 0.05) is 0 Å². The van der Waals surface area contributed by atoms with Crippen molar-refractivity contribution in [1.82, 2.24) is 10.2 Å². The van der Waals surface area contributed by atoms with Gasteiger partial charge in [-0.2, -0.15) is 0 Å². The fourth-order valence-corrected chi connectivity index (χ4v) is 1.88. The molecule has 1 aromatic heterocycles. The number of hydrogen-bond donors (Lipinski definition) is 1. The maximum atomic E-state index is 13.5. The molecule has 1 amide bonds. The molecule has 1 heterocycles. The maximum Gasteiger partial charge on any atom is 0.260 e. The van der Waals surface area contributed by atoms with Gasteiger partial charge in [0.1, 0.15) is 11.3 Å². The monoisotopic (exact) mass is 301 g/mol. The highest BCUT2D eigenvalue weighted by Crippen LogP contribution is 2.19. The number of nitrogens with one attached hydrogen (secondary N) is 1. The van der Waals surface area contributed by atoms with Gasteiger partial charge in [-0.25, -0.2) is 4.39 Å². The van der Waals surface area contributed by atoms with Crippen LogP contribution in [0.2, 0.25) is 0 Å². The summed E-state index contributed by atoms with van der Waals surface area (Å²) >= 11 is 4.18. The Balaban J connectivity index is 2.24. The van der Waals surface area contributed by atoms with E-state index in [1.807, 2.05) is 0 Å². The second-order valence-electron chi connectivity index (χ2n) is 2.80. The quantitative estimate of drug-likeness (QED) is 0.928. The third-order valence-corrected chi connectivity index (χ3v) is 3.00. The molecule has 0 saturated carbocycles. The summed E-state index contributed by atoms with van der Waals surface area (Å²) in [6.45, 7) is 0. The van der Waals surface area contributed by atoms with Gasteiger partial charge >= 0.3 is 0 Å². The van der Waals surface area contributed by atoms with Crippen molar-refractivity contribution in [2.75, 3.05) is 5.32 Å². The van der Waals surface area contributed by atoms with E-state index in [9.17, 15) is 9.18 Å². The number of aromatic nitrogens is 2. The van der Waals surface area contributed by atoms with Crippen LogP contribution < -0.4 is 5.32 Å². The third kappa shape index (κ3) is 2.25. The average Bonchev–Trinajstić information content (AvgIpc) is 2.74. The highest BCUT2D eigenvalue weighted by molar-refractivity contribution is 9.10. The minimum Gasteiger partial charge on any atom is -0.296 e. The van der Waals surface area contributed by atoms with Crippen molar-refractivity contribution in [1.29, 1.82) is 0 Å². The second kappa shape index (κ2) is 4.67. The Bertz CT molecular complexity index is 517. The topological polar surface area (TPSA) is 54.9 Å². The molecule has 4 nitrogen and oxygen atoms in total. The van der Waals surface area contributed by atoms with E-state index in [2.05, 4.69) is 31.4 Å². The fourth-order valence-electron chi connectivity index (χ4n) is 1.07. The van der Waals surface area contributed by atoms with E-state index in [1.54, 1.807) is 6.07 Å². The van der Waals surface area contributed by atoms with Gasteiger partial charge in [-0.15, -0.1) is 10.2 Å². The molecule has 0 aliphatic rings. The van der Waals surface area contributed by atoms with E-state index in [1.165, 1.54) is 29.0 Å². The number of anilines is 1. The largest absolute Gasteiger partial charge is 0.296 e. The summed E-state index contributed by atoms with van der Waals surface area (Å²) in [6.07, 6.45) is 0. The highest BCUT2D eigenvalue weighted by atomic mass is 79.9. The minimum atomic E-state index is -0.593. The molecule has 0 atom stereocenters. The number of halogens is 2. The van der Waals surface area contributed by atoms with Crippen LogP contribution in [0.25, 0.3) is 0 Å². The van der Waals surface area contributed by atoms with Crippen molar-refractivity contribution >= 4 is 38.3 Å². The normalized spacial score (nSPS) is 10.1. The molecule has 7 heteroatoms. The lowest BCUT2D eigenvalue weighted by Gasteiger charge is -2.03. The molecular formula is C9H5BrFN3OS. The number of amides is 1. The van der Waals surface area contributed by atoms with Gasteiger partial charge in [0.15, 0.2) is 0 Å². The number of carbonyl (C=O) groups excluding carboxylic acids is 1. The zero-order valence-electron chi connectivity index (χ0n) is 7.78. The van der Waals surface area contributed by atoms with Crippen molar-refractivity contribution in [3.05, 3.63) is 39.6 Å². The molecule has 0 spiro atoms. The molecule has 0 bridgehead atoms. The Hall–Kier alpha value is -1.34. The van der Waals surface area contributed by atoms with Crippen molar-refractivity contribution in [3.63, 3.8) is 0 Å². The Morgan fingerprint density at radius 1 is 1.50 bits per heavy atom. The maximum absolute atomic E-state index is 13.5. The predicted molar refractivity (Wildman–Crippen MR) is 62.0 cm³/mol. The zero-order valence-corrected chi connectivity index (χ0v) is 10.2. The van der Waals surface area contributed by atoms with Gasteiger partial charge < -0.3 is 0 Å². The van der Waals surface area contributed by atoms with E-state index >= 15 is 0 Å². The smallest absolute Gasteiger partial charge is 0.260 e. The SMILES string of the molecule is O=C(Nc1nncs1)c1cccc(Br)c1F. The fraction of sp³-hybridized carbons (Fsp3) is 0. The first kappa shape index (κ1) is 11.2. The van der Waals surface area contributed by atoms with Crippen LogP contribution in [0.1, 0.15) is 10.4 Å². The molecule has 0 aliphatic carbocycles. The Labute approximate surface area is 103 Å². The molecule has 0 saturated heterocycles. The van der Waals surface area contributed by atoms with Crippen LogP contribution in [-0.2, 0) is 0 Å². The molecule has 2 rings (SSSR count). The predicted octanol–water partition coefficient (Wildman–Crippen LogP) is 2.69. The summed E-state index contributed by atoms with van der Waals surface area (Å²) in [4.78, 5) is 11.7.